The summed E-state index contributed by atoms with van der Waals surface area (Å²) in [6, 6.07) is 10.3. The summed E-state index contributed by atoms with van der Waals surface area (Å²) in [6.45, 7) is 6.75. The highest BCUT2D eigenvalue weighted by Crippen LogP contribution is 2.12. The third-order valence-corrected chi connectivity index (χ3v) is 5.33. The zero-order chi connectivity index (χ0) is 21.0. The SMILES string of the molecule is CCNC(=NCc1ccccc1Cn1cccn1)NCCCN1CCCCCC1=O.I. The van der Waals surface area contributed by atoms with Gasteiger partial charge in [0.25, 0.3) is 0 Å². The van der Waals surface area contributed by atoms with Crippen molar-refractivity contribution in [3.05, 3.63) is 53.9 Å². The molecule has 2 aromatic rings. The molecule has 170 valence electrons. The number of nitrogens with zero attached hydrogens (tertiary/aromatic N) is 4. The molecule has 0 bridgehead atoms. The van der Waals surface area contributed by atoms with Gasteiger partial charge in [-0.2, -0.15) is 5.10 Å². The van der Waals surface area contributed by atoms with Crippen molar-refractivity contribution < 1.29 is 4.79 Å². The summed E-state index contributed by atoms with van der Waals surface area (Å²) < 4.78 is 1.93. The number of hydrogen-bond acceptors (Lipinski definition) is 3. The Labute approximate surface area is 202 Å². The molecule has 1 aromatic carbocycles. The van der Waals surface area contributed by atoms with E-state index < -0.39 is 0 Å². The largest absolute Gasteiger partial charge is 0.357 e. The Bertz CT molecular complexity index is 808. The fraction of sp³-hybridized carbons (Fsp3) is 0.522. The lowest BCUT2D eigenvalue weighted by molar-refractivity contribution is -0.130. The molecular formula is C23H35IN6O. The van der Waals surface area contributed by atoms with Gasteiger partial charge in [0.15, 0.2) is 5.96 Å². The Morgan fingerprint density at radius 2 is 1.97 bits per heavy atom. The van der Waals surface area contributed by atoms with Crippen LogP contribution >= 0.6 is 24.0 Å². The minimum atomic E-state index is 0. The van der Waals surface area contributed by atoms with Crippen molar-refractivity contribution in [1.29, 1.82) is 0 Å². The number of carbonyl (C=O) groups is 1. The van der Waals surface area contributed by atoms with Gasteiger partial charge in [0.05, 0.1) is 13.1 Å². The summed E-state index contributed by atoms with van der Waals surface area (Å²) in [6.07, 6.45) is 8.73. The molecule has 31 heavy (non-hydrogen) atoms. The number of amides is 1. The number of benzene rings is 1. The number of aromatic nitrogens is 2. The second kappa shape index (κ2) is 14.1. The highest BCUT2D eigenvalue weighted by atomic mass is 127. The topological polar surface area (TPSA) is 74.6 Å². The van der Waals surface area contributed by atoms with Crippen molar-refractivity contribution >= 4 is 35.8 Å². The van der Waals surface area contributed by atoms with E-state index in [1.54, 1.807) is 6.20 Å². The standard InChI is InChI=1S/C23H34N6O.HI/c1-2-24-23(25-13-8-16-28-15-7-3-4-12-22(28)30)26-18-20-10-5-6-11-21(20)19-29-17-9-14-27-29;/h5-6,9-11,14,17H,2-4,7-8,12-13,15-16,18-19H2,1H3,(H2,24,25,26);1H. The second-order valence-electron chi connectivity index (χ2n) is 7.64. The van der Waals surface area contributed by atoms with E-state index in [1.807, 2.05) is 21.8 Å². The molecule has 1 aromatic heterocycles. The van der Waals surface area contributed by atoms with Crippen LogP contribution in [0.2, 0.25) is 0 Å². The highest BCUT2D eigenvalue weighted by Gasteiger charge is 2.15. The summed E-state index contributed by atoms with van der Waals surface area (Å²) in [5.74, 6) is 1.12. The molecule has 1 fully saturated rings. The Balaban J connectivity index is 0.00000341. The normalized spacial score (nSPS) is 14.7. The maximum Gasteiger partial charge on any atom is 0.222 e. The average Bonchev–Trinajstić information content (AvgIpc) is 3.18. The van der Waals surface area contributed by atoms with Crippen LogP contribution in [0.5, 0.6) is 0 Å². The molecule has 1 amide bonds. The fourth-order valence-electron chi connectivity index (χ4n) is 3.69. The average molecular weight is 538 g/mol. The maximum absolute atomic E-state index is 12.1. The maximum atomic E-state index is 12.1. The van der Waals surface area contributed by atoms with Crippen LogP contribution in [0.3, 0.4) is 0 Å². The molecule has 0 spiro atoms. The zero-order valence-corrected chi connectivity index (χ0v) is 20.8. The summed E-state index contributed by atoms with van der Waals surface area (Å²) >= 11 is 0. The first-order chi connectivity index (χ1) is 14.8. The molecule has 0 atom stereocenters. The van der Waals surface area contributed by atoms with Gasteiger partial charge in [-0.25, -0.2) is 4.99 Å². The molecule has 3 rings (SSSR count). The molecule has 8 heteroatoms. The number of hydrogen-bond donors (Lipinski definition) is 2. The molecule has 7 nitrogen and oxygen atoms in total. The summed E-state index contributed by atoms with van der Waals surface area (Å²) in [5.41, 5.74) is 2.42. The molecule has 1 saturated heterocycles. The molecule has 0 aliphatic carbocycles. The Morgan fingerprint density at radius 1 is 1.13 bits per heavy atom. The van der Waals surface area contributed by atoms with Crippen LogP contribution in [0.25, 0.3) is 0 Å². The molecular weight excluding hydrogens is 503 g/mol. The van der Waals surface area contributed by atoms with Crippen molar-refractivity contribution in [2.75, 3.05) is 26.2 Å². The van der Waals surface area contributed by atoms with Gasteiger partial charge in [0.1, 0.15) is 0 Å². The van der Waals surface area contributed by atoms with E-state index in [2.05, 4.69) is 46.9 Å². The number of likely N-dealkylation sites (tertiary alicyclic amines) is 1. The lowest BCUT2D eigenvalue weighted by Crippen LogP contribution is -2.39. The lowest BCUT2D eigenvalue weighted by atomic mass is 10.1. The predicted octanol–water partition coefficient (Wildman–Crippen LogP) is 3.40. The van der Waals surface area contributed by atoms with Crippen LogP contribution in [0, 0.1) is 0 Å². The van der Waals surface area contributed by atoms with Crippen molar-refractivity contribution in [3.8, 4) is 0 Å². The second-order valence-corrected chi connectivity index (χ2v) is 7.64. The first kappa shape index (κ1) is 25.2. The van der Waals surface area contributed by atoms with Crippen LogP contribution in [0.15, 0.2) is 47.7 Å². The van der Waals surface area contributed by atoms with E-state index in [-0.39, 0.29) is 24.0 Å². The monoisotopic (exact) mass is 538 g/mol. The Morgan fingerprint density at radius 3 is 2.74 bits per heavy atom. The number of guanidine groups is 1. The molecule has 0 radical (unpaired) electrons. The summed E-state index contributed by atoms with van der Waals surface area (Å²) in [5, 5.41) is 11.0. The van der Waals surface area contributed by atoms with Crippen molar-refractivity contribution in [2.24, 2.45) is 4.99 Å². The molecule has 0 unspecified atom stereocenters. The third kappa shape index (κ3) is 8.51. The molecule has 1 aliphatic heterocycles. The lowest BCUT2D eigenvalue weighted by Gasteiger charge is -2.20. The van der Waals surface area contributed by atoms with Crippen LogP contribution in [-0.2, 0) is 17.9 Å². The summed E-state index contributed by atoms with van der Waals surface area (Å²) in [4.78, 5) is 18.9. The van der Waals surface area contributed by atoms with Crippen LogP contribution in [0.1, 0.15) is 50.2 Å². The first-order valence-corrected chi connectivity index (χ1v) is 11.1. The van der Waals surface area contributed by atoms with Crippen LogP contribution < -0.4 is 10.6 Å². The number of nitrogens with one attached hydrogen (secondary N) is 2. The van der Waals surface area contributed by atoms with E-state index in [1.165, 1.54) is 17.5 Å². The van der Waals surface area contributed by atoms with Gasteiger partial charge in [0.2, 0.25) is 5.91 Å². The first-order valence-electron chi connectivity index (χ1n) is 11.1. The van der Waals surface area contributed by atoms with Gasteiger partial charge < -0.3 is 15.5 Å². The van der Waals surface area contributed by atoms with Gasteiger partial charge in [-0.15, -0.1) is 24.0 Å². The van der Waals surface area contributed by atoms with Crippen LogP contribution in [-0.4, -0.2) is 52.7 Å². The molecule has 0 saturated carbocycles. The minimum absolute atomic E-state index is 0. The van der Waals surface area contributed by atoms with Crippen molar-refractivity contribution in [3.63, 3.8) is 0 Å². The molecule has 1 aliphatic rings. The number of carbonyl (C=O) groups excluding carboxylic acids is 1. The van der Waals surface area contributed by atoms with Crippen molar-refractivity contribution in [1.82, 2.24) is 25.3 Å². The van der Waals surface area contributed by atoms with Crippen LogP contribution in [0.4, 0.5) is 0 Å². The van der Waals surface area contributed by atoms with Gasteiger partial charge in [0, 0.05) is 45.0 Å². The number of halogens is 1. The smallest absolute Gasteiger partial charge is 0.222 e. The zero-order valence-electron chi connectivity index (χ0n) is 18.4. The Kier molecular flexibility index (Phi) is 11.4. The van der Waals surface area contributed by atoms with Gasteiger partial charge >= 0.3 is 0 Å². The van der Waals surface area contributed by atoms with Crippen molar-refractivity contribution in [2.45, 2.75) is 52.1 Å². The quantitative estimate of drug-likeness (QED) is 0.222. The van der Waals surface area contributed by atoms with Gasteiger partial charge in [-0.1, -0.05) is 30.7 Å². The van der Waals surface area contributed by atoms with Gasteiger partial charge in [-0.05, 0) is 43.4 Å². The van der Waals surface area contributed by atoms with E-state index in [0.717, 1.165) is 57.9 Å². The molecule has 2 heterocycles. The van der Waals surface area contributed by atoms with E-state index in [4.69, 9.17) is 4.99 Å². The number of rotatable bonds is 9. The predicted molar refractivity (Wildman–Crippen MR) is 136 cm³/mol. The Hall–Kier alpha value is -2.10. The number of aliphatic imine (C=N–C) groups is 1. The third-order valence-electron chi connectivity index (χ3n) is 5.33. The van der Waals surface area contributed by atoms with E-state index >= 15 is 0 Å². The van der Waals surface area contributed by atoms with E-state index in [0.29, 0.717) is 18.9 Å². The fourth-order valence-corrected chi connectivity index (χ4v) is 3.69. The van der Waals surface area contributed by atoms with Gasteiger partial charge in [-0.3, -0.25) is 9.48 Å². The highest BCUT2D eigenvalue weighted by molar-refractivity contribution is 14.0. The minimum Gasteiger partial charge on any atom is -0.357 e. The van der Waals surface area contributed by atoms with E-state index in [9.17, 15) is 4.79 Å². The molecule has 2 N–H and O–H groups in total. The summed E-state index contributed by atoms with van der Waals surface area (Å²) in [7, 11) is 0.